The van der Waals surface area contributed by atoms with Gasteiger partial charge in [-0.1, -0.05) is 6.07 Å². The number of ketones is 1. The third-order valence-corrected chi connectivity index (χ3v) is 3.95. The summed E-state index contributed by atoms with van der Waals surface area (Å²) in [5.41, 5.74) is 3.70. The lowest BCUT2D eigenvalue weighted by Gasteiger charge is -2.31. The van der Waals surface area contributed by atoms with Gasteiger partial charge in [0.15, 0.2) is 5.78 Å². The summed E-state index contributed by atoms with van der Waals surface area (Å²) in [6, 6.07) is 3.83. The SMILES string of the molecule is Cc1cc(C)c(C(=O)CN2CC(=O)N(C)CC2=O)cc1C. The number of piperazine rings is 1. The number of likely N-dealkylation sites (N-methyl/N-ethyl adjacent to an activating group) is 1. The molecule has 0 aromatic heterocycles. The lowest BCUT2D eigenvalue weighted by molar-refractivity contribution is -0.148. The lowest BCUT2D eigenvalue weighted by atomic mass is 9.98. The Kier molecular flexibility index (Phi) is 4.11. The molecular formula is C16H20N2O3. The highest BCUT2D eigenvalue weighted by Crippen LogP contribution is 2.16. The zero-order valence-electron chi connectivity index (χ0n) is 12.9. The molecule has 0 aliphatic carbocycles. The molecule has 0 saturated carbocycles. The molecule has 1 fully saturated rings. The van der Waals surface area contributed by atoms with E-state index in [0.29, 0.717) is 5.56 Å². The number of carbonyl (C=O) groups is 3. The molecule has 0 bridgehead atoms. The fourth-order valence-corrected chi connectivity index (χ4v) is 2.43. The van der Waals surface area contributed by atoms with Crippen molar-refractivity contribution in [2.24, 2.45) is 0 Å². The molecule has 2 amide bonds. The van der Waals surface area contributed by atoms with E-state index in [-0.39, 0.29) is 37.2 Å². The van der Waals surface area contributed by atoms with E-state index >= 15 is 0 Å². The summed E-state index contributed by atoms with van der Waals surface area (Å²) >= 11 is 0. The summed E-state index contributed by atoms with van der Waals surface area (Å²) < 4.78 is 0. The van der Waals surface area contributed by atoms with Gasteiger partial charge in [-0.3, -0.25) is 14.4 Å². The third-order valence-electron chi connectivity index (χ3n) is 3.95. The first-order valence-electron chi connectivity index (χ1n) is 6.92. The number of rotatable bonds is 3. The average Bonchev–Trinajstić information content (AvgIpc) is 2.40. The van der Waals surface area contributed by atoms with E-state index in [0.717, 1.165) is 16.7 Å². The van der Waals surface area contributed by atoms with E-state index < -0.39 is 0 Å². The first kappa shape index (κ1) is 15.2. The molecule has 0 spiro atoms. The van der Waals surface area contributed by atoms with Crippen molar-refractivity contribution < 1.29 is 14.4 Å². The van der Waals surface area contributed by atoms with Crippen molar-refractivity contribution in [1.29, 1.82) is 0 Å². The highest BCUT2D eigenvalue weighted by molar-refractivity contribution is 6.02. The number of nitrogens with zero attached hydrogens (tertiary/aromatic N) is 2. The van der Waals surface area contributed by atoms with E-state index in [1.165, 1.54) is 9.80 Å². The largest absolute Gasteiger partial charge is 0.335 e. The monoisotopic (exact) mass is 288 g/mol. The zero-order chi connectivity index (χ0) is 15.7. The molecule has 112 valence electrons. The van der Waals surface area contributed by atoms with Crippen LogP contribution in [-0.4, -0.2) is 54.1 Å². The Morgan fingerprint density at radius 3 is 2.29 bits per heavy atom. The Labute approximate surface area is 124 Å². The van der Waals surface area contributed by atoms with Crippen LogP contribution < -0.4 is 0 Å². The number of hydrogen-bond donors (Lipinski definition) is 0. The quantitative estimate of drug-likeness (QED) is 0.783. The highest BCUT2D eigenvalue weighted by atomic mass is 16.2. The van der Waals surface area contributed by atoms with Crippen LogP contribution in [0.1, 0.15) is 27.0 Å². The molecule has 5 heteroatoms. The molecule has 1 aliphatic heterocycles. The first-order valence-corrected chi connectivity index (χ1v) is 6.92. The molecule has 0 N–H and O–H groups in total. The molecule has 2 rings (SSSR count). The van der Waals surface area contributed by atoms with Gasteiger partial charge in [-0.2, -0.15) is 0 Å². The summed E-state index contributed by atoms with van der Waals surface area (Å²) in [6.45, 7) is 5.82. The van der Waals surface area contributed by atoms with Crippen LogP contribution in [0.15, 0.2) is 12.1 Å². The standard InChI is InChI=1S/C16H20N2O3/c1-10-5-12(3)13(6-11(10)2)14(19)7-18-9-15(20)17(4)8-16(18)21/h5-6H,7-9H2,1-4H3. The van der Waals surface area contributed by atoms with Crippen LogP contribution in [0.25, 0.3) is 0 Å². The van der Waals surface area contributed by atoms with Gasteiger partial charge in [0.1, 0.15) is 6.54 Å². The van der Waals surface area contributed by atoms with E-state index in [1.807, 2.05) is 32.9 Å². The van der Waals surface area contributed by atoms with Crippen molar-refractivity contribution in [1.82, 2.24) is 9.80 Å². The molecule has 1 aliphatic rings. The minimum atomic E-state index is -0.188. The third kappa shape index (κ3) is 3.12. The lowest BCUT2D eigenvalue weighted by Crippen LogP contribution is -2.53. The van der Waals surface area contributed by atoms with E-state index in [2.05, 4.69) is 0 Å². The molecule has 1 saturated heterocycles. The molecule has 1 heterocycles. The van der Waals surface area contributed by atoms with Crippen LogP contribution in [0.5, 0.6) is 0 Å². The van der Waals surface area contributed by atoms with Gasteiger partial charge < -0.3 is 9.80 Å². The number of amides is 2. The van der Waals surface area contributed by atoms with Crippen LogP contribution in [0, 0.1) is 20.8 Å². The number of Topliss-reactive ketones (excluding diaryl/α,β-unsaturated/α-hetero) is 1. The topological polar surface area (TPSA) is 57.7 Å². The predicted molar refractivity (Wildman–Crippen MR) is 79.2 cm³/mol. The first-order chi connectivity index (χ1) is 9.79. The molecule has 0 radical (unpaired) electrons. The van der Waals surface area contributed by atoms with Crippen molar-refractivity contribution in [3.05, 3.63) is 34.4 Å². The van der Waals surface area contributed by atoms with E-state index in [4.69, 9.17) is 0 Å². The Morgan fingerprint density at radius 2 is 1.62 bits per heavy atom. The van der Waals surface area contributed by atoms with E-state index in [1.54, 1.807) is 7.05 Å². The van der Waals surface area contributed by atoms with Gasteiger partial charge in [-0.25, -0.2) is 0 Å². The van der Waals surface area contributed by atoms with E-state index in [9.17, 15) is 14.4 Å². The van der Waals surface area contributed by atoms with Gasteiger partial charge in [-0.05, 0) is 43.5 Å². The average molecular weight is 288 g/mol. The minimum Gasteiger partial charge on any atom is -0.335 e. The van der Waals surface area contributed by atoms with Crippen LogP contribution in [0.2, 0.25) is 0 Å². The molecule has 5 nitrogen and oxygen atoms in total. The molecule has 0 unspecified atom stereocenters. The van der Waals surface area contributed by atoms with Crippen LogP contribution in [0.4, 0.5) is 0 Å². The van der Waals surface area contributed by atoms with Crippen molar-refractivity contribution in [3.63, 3.8) is 0 Å². The molecule has 1 aromatic carbocycles. The summed E-state index contributed by atoms with van der Waals surface area (Å²) in [7, 11) is 1.59. The van der Waals surface area contributed by atoms with Gasteiger partial charge in [0, 0.05) is 12.6 Å². The number of aryl methyl sites for hydroxylation is 3. The van der Waals surface area contributed by atoms with Crippen molar-refractivity contribution in [3.8, 4) is 0 Å². The van der Waals surface area contributed by atoms with Crippen molar-refractivity contribution in [2.75, 3.05) is 26.7 Å². The highest BCUT2D eigenvalue weighted by Gasteiger charge is 2.29. The Hall–Kier alpha value is -2.17. The Balaban J connectivity index is 2.17. The van der Waals surface area contributed by atoms with Crippen molar-refractivity contribution >= 4 is 17.6 Å². The number of benzene rings is 1. The van der Waals surface area contributed by atoms with Gasteiger partial charge in [-0.15, -0.1) is 0 Å². The second kappa shape index (κ2) is 5.68. The summed E-state index contributed by atoms with van der Waals surface area (Å²) in [6.07, 6.45) is 0. The van der Waals surface area contributed by atoms with Crippen LogP contribution >= 0.6 is 0 Å². The Morgan fingerprint density at radius 1 is 1.00 bits per heavy atom. The Bertz CT molecular complexity index is 622. The maximum atomic E-state index is 12.4. The maximum absolute atomic E-state index is 12.4. The van der Waals surface area contributed by atoms with Gasteiger partial charge >= 0.3 is 0 Å². The summed E-state index contributed by atoms with van der Waals surface area (Å²) in [5.74, 6) is -0.451. The zero-order valence-corrected chi connectivity index (χ0v) is 12.9. The maximum Gasteiger partial charge on any atom is 0.243 e. The molecule has 0 atom stereocenters. The van der Waals surface area contributed by atoms with Gasteiger partial charge in [0.05, 0.1) is 13.1 Å². The predicted octanol–water partition coefficient (Wildman–Crippen LogP) is 1.10. The van der Waals surface area contributed by atoms with Gasteiger partial charge in [0.2, 0.25) is 11.8 Å². The van der Waals surface area contributed by atoms with Crippen molar-refractivity contribution in [2.45, 2.75) is 20.8 Å². The fraction of sp³-hybridized carbons (Fsp3) is 0.438. The molecule has 1 aromatic rings. The fourth-order valence-electron chi connectivity index (χ4n) is 2.43. The second-order valence-electron chi connectivity index (χ2n) is 5.67. The molecule has 21 heavy (non-hydrogen) atoms. The minimum absolute atomic E-state index is 0.0229. The number of hydrogen-bond acceptors (Lipinski definition) is 3. The summed E-state index contributed by atoms with van der Waals surface area (Å²) in [4.78, 5) is 38.7. The normalized spacial score (nSPS) is 15.6. The smallest absolute Gasteiger partial charge is 0.243 e. The van der Waals surface area contributed by atoms with Crippen LogP contribution in [0.3, 0.4) is 0 Å². The van der Waals surface area contributed by atoms with Gasteiger partial charge in [0.25, 0.3) is 0 Å². The number of carbonyl (C=O) groups excluding carboxylic acids is 3. The molecular weight excluding hydrogens is 268 g/mol. The summed E-state index contributed by atoms with van der Waals surface area (Å²) in [5, 5.41) is 0. The second-order valence-corrected chi connectivity index (χ2v) is 5.67. The van der Waals surface area contributed by atoms with Crippen LogP contribution in [-0.2, 0) is 9.59 Å².